The number of carbonyl (C=O) groups is 1. The van der Waals surface area contributed by atoms with Crippen LogP contribution < -0.4 is 0 Å². The molecule has 0 saturated heterocycles. The minimum absolute atomic E-state index is 0.0350. The summed E-state index contributed by atoms with van der Waals surface area (Å²) in [6.45, 7) is 1.99. The Labute approximate surface area is 111 Å². The number of halogens is 1. The first-order valence-corrected chi connectivity index (χ1v) is 6.30. The molecular weight excluding hydrogens is 241 g/mol. The number of fused-ring (bicyclic) bond motifs is 1. The third-order valence-electron chi connectivity index (χ3n) is 3.44. The van der Waals surface area contributed by atoms with Crippen molar-refractivity contribution in [2.24, 2.45) is 0 Å². The number of hydrogen-bond acceptors (Lipinski definition) is 2. The van der Waals surface area contributed by atoms with Crippen LogP contribution in [0.3, 0.4) is 0 Å². The van der Waals surface area contributed by atoms with E-state index in [1.54, 1.807) is 12.1 Å². The van der Waals surface area contributed by atoms with E-state index in [0.29, 0.717) is 12.1 Å². The summed E-state index contributed by atoms with van der Waals surface area (Å²) in [7, 11) is 0. The molecule has 0 radical (unpaired) electrons. The van der Waals surface area contributed by atoms with Gasteiger partial charge in [-0.05, 0) is 35.4 Å². The van der Waals surface area contributed by atoms with Crippen molar-refractivity contribution in [2.45, 2.75) is 13.1 Å². The zero-order valence-electron chi connectivity index (χ0n) is 10.5. The molecule has 0 aliphatic carbocycles. The zero-order valence-corrected chi connectivity index (χ0v) is 10.5. The van der Waals surface area contributed by atoms with E-state index in [4.69, 9.17) is 0 Å². The van der Waals surface area contributed by atoms with Crippen molar-refractivity contribution in [2.75, 3.05) is 6.54 Å². The van der Waals surface area contributed by atoms with Gasteiger partial charge < -0.3 is 0 Å². The van der Waals surface area contributed by atoms with E-state index in [1.165, 1.54) is 23.3 Å². The highest BCUT2D eigenvalue weighted by Gasteiger charge is 2.20. The van der Waals surface area contributed by atoms with E-state index in [0.717, 1.165) is 13.1 Å². The van der Waals surface area contributed by atoms with Crippen molar-refractivity contribution in [1.82, 2.24) is 4.90 Å². The van der Waals surface area contributed by atoms with Gasteiger partial charge in [-0.2, -0.15) is 0 Å². The Kier molecular flexibility index (Phi) is 3.13. The van der Waals surface area contributed by atoms with Crippen LogP contribution in [0.5, 0.6) is 0 Å². The molecule has 0 bridgehead atoms. The quantitative estimate of drug-likeness (QED) is 0.786. The molecule has 0 amide bonds. The lowest BCUT2D eigenvalue weighted by Crippen LogP contribution is -2.24. The minimum atomic E-state index is -0.315. The molecule has 0 unspecified atom stereocenters. The highest BCUT2D eigenvalue weighted by molar-refractivity contribution is 5.97. The van der Waals surface area contributed by atoms with Crippen LogP contribution in [-0.4, -0.2) is 17.2 Å². The van der Waals surface area contributed by atoms with E-state index in [1.807, 2.05) is 12.1 Å². The molecule has 96 valence electrons. The summed E-state index contributed by atoms with van der Waals surface area (Å²) in [5, 5.41) is 0. The Morgan fingerprint density at radius 1 is 1.00 bits per heavy atom. The molecular formula is C16H14FNO. The van der Waals surface area contributed by atoms with E-state index in [9.17, 15) is 9.18 Å². The van der Waals surface area contributed by atoms with Crippen molar-refractivity contribution in [3.05, 3.63) is 71.0 Å². The lowest BCUT2D eigenvalue weighted by atomic mass is 10.1. The maximum absolute atomic E-state index is 12.8. The molecule has 1 aliphatic rings. The summed E-state index contributed by atoms with van der Waals surface area (Å²) in [5.41, 5.74) is 3.14. The van der Waals surface area contributed by atoms with Gasteiger partial charge in [-0.3, -0.25) is 9.69 Å². The molecule has 3 rings (SSSR count). The molecule has 0 aromatic heterocycles. The van der Waals surface area contributed by atoms with Crippen molar-refractivity contribution in [1.29, 1.82) is 0 Å². The van der Waals surface area contributed by atoms with Crippen LogP contribution in [-0.2, 0) is 13.1 Å². The van der Waals surface area contributed by atoms with Gasteiger partial charge in [-0.15, -0.1) is 0 Å². The van der Waals surface area contributed by atoms with Gasteiger partial charge >= 0.3 is 0 Å². The Balaban J connectivity index is 1.67. The molecule has 3 heteroatoms. The molecule has 0 fully saturated rings. The maximum atomic E-state index is 12.8. The Morgan fingerprint density at radius 3 is 2.16 bits per heavy atom. The van der Waals surface area contributed by atoms with Crippen LogP contribution in [0.1, 0.15) is 21.5 Å². The van der Waals surface area contributed by atoms with Crippen LogP contribution in [0.4, 0.5) is 4.39 Å². The van der Waals surface area contributed by atoms with Gasteiger partial charge in [0.25, 0.3) is 0 Å². The fraction of sp³-hybridized carbons (Fsp3) is 0.188. The monoisotopic (exact) mass is 255 g/mol. The fourth-order valence-electron chi connectivity index (χ4n) is 2.45. The molecule has 1 heterocycles. The Hall–Kier alpha value is -2.00. The number of carbonyl (C=O) groups excluding carboxylic acids is 1. The number of hydrogen-bond donors (Lipinski definition) is 0. The molecule has 0 saturated carbocycles. The van der Waals surface area contributed by atoms with Crippen molar-refractivity contribution in [3.8, 4) is 0 Å². The van der Waals surface area contributed by atoms with Gasteiger partial charge in [0, 0.05) is 18.7 Å². The molecule has 0 spiro atoms. The van der Waals surface area contributed by atoms with Crippen LogP contribution in [0.2, 0.25) is 0 Å². The van der Waals surface area contributed by atoms with Gasteiger partial charge in [-0.1, -0.05) is 24.3 Å². The van der Waals surface area contributed by atoms with Gasteiger partial charge in [0.15, 0.2) is 5.78 Å². The Morgan fingerprint density at radius 2 is 1.58 bits per heavy atom. The van der Waals surface area contributed by atoms with E-state index in [2.05, 4.69) is 17.0 Å². The molecule has 19 heavy (non-hydrogen) atoms. The van der Waals surface area contributed by atoms with Crippen LogP contribution in [0.25, 0.3) is 0 Å². The third kappa shape index (κ3) is 2.56. The fourth-order valence-corrected chi connectivity index (χ4v) is 2.45. The standard InChI is InChI=1S/C16H14FNO/c17-15-7-5-12(6-8-15)16(19)11-18-9-13-3-1-2-4-14(13)10-18/h1-8H,9-11H2. The molecule has 2 aromatic carbocycles. The third-order valence-corrected chi connectivity index (χ3v) is 3.44. The SMILES string of the molecule is O=C(CN1Cc2ccccc2C1)c1ccc(F)cc1. The average molecular weight is 255 g/mol. The number of Topliss-reactive ketones (excluding diaryl/α,β-unsaturated/α-hetero) is 1. The van der Waals surface area contributed by atoms with E-state index >= 15 is 0 Å². The first-order chi connectivity index (χ1) is 9.22. The summed E-state index contributed by atoms with van der Waals surface area (Å²) in [5.74, 6) is -0.280. The van der Waals surface area contributed by atoms with Crippen molar-refractivity contribution < 1.29 is 9.18 Å². The first-order valence-electron chi connectivity index (χ1n) is 6.30. The second-order valence-electron chi connectivity index (χ2n) is 4.84. The summed E-state index contributed by atoms with van der Waals surface area (Å²) in [4.78, 5) is 14.2. The maximum Gasteiger partial charge on any atom is 0.176 e. The highest BCUT2D eigenvalue weighted by Crippen LogP contribution is 2.22. The van der Waals surface area contributed by atoms with Crippen molar-refractivity contribution in [3.63, 3.8) is 0 Å². The summed E-state index contributed by atoms with van der Waals surface area (Å²) in [6, 6.07) is 14.0. The van der Waals surface area contributed by atoms with Gasteiger partial charge in [0.1, 0.15) is 5.82 Å². The molecule has 0 N–H and O–H groups in total. The minimum Gasteiger partial charge on any atom is -0.293 e. The first kappa shape index (κ1) is 12.1. The molecule has 2 nitrogen and oxygen atoms in total. The van der Waals surface area contributed by atoms with Crippen molar-refractivity contribution >= 4 is 5.78 Å². The molecule has 0 atom stereocenters. The Bertz CT molecular complexity index is 581. The van der Waals surface area contributed by atoms with E-state index < -0.39 is 0 Å². The van der Waals surface area contributed by atoms with Gasteiger partial charge in [0.05, 0.1) is 6.54 Å². The highest BCUT2D eigenvalue weighted by atomic mass is 19.1. The molecule has 2 aromatic rings. The van der Waals surface area contributed by atoms with Crippen LogP contribution >= 0.6 is 0 Å². The largest absolute Gasteiger partial charge is 0.293 e. The topological polar surface area (TPSA) is 20.3 Å². The molecule has 1 aliphatic heterocycles. The second kappa shape index (κ2) is 4.94. The summed E-state index contributed by atoms with van der Waals surface area (Å²) in [6.07, 6.45) is 0. The average Bonchev–Trinajstić information content (AvgIpc) is 2.81. The summed E-state index contributed by atoms with van der Waals surface area (Å²) >= 11 is 0. The predicted molar refractivity (Wildman–Crippen MR) is 71.3 cm³/mol. The predicted octanol–water partition coefficient (Wildman–Crippen LogP) is 3.02. The van der Waals surface area contributed by atoms with Crippen LogP contribution in [0.15, 0.2) is 48.5 Å². The lowest BCUT2D eigenvalue weighted by Gasteiger charge is -2.13. The van der Waals surface area contributed by atoms with Gasteiger partial charge in [-0.25, -0.2) is 4.39 Å². The zero-order chi connectivity index (χ0) is 13.2. The van der Waals surface area contributed by atoms with Crippen LogP contribution in [0, 0.1) is 5.82 Å². The normalized spacial score (nSPS) is 14.4. The number of benzene rings is 2. The number of ketones is 1. The van der Waals surface area contributed by atoms with Gasteiger partial charge in [0.2, 0.25) is 0 Å². The van der Waals surface area contributed by atoms with E-state index in [-0.39, 0.29) is 11.6 Å². The second-order valence-corrected chi connectivity index (χ2v) is 4.84. The smallest absolute Gasteiger partial charge is 0.176 e. The lowest BCUT2D eigenvalue weighted by molar-refractivity contribution is 0.0929. The summed E-state index contributed by atoms with van der Waals surface area (Å²) < 4.78 is 12.8. The number of nitrogens with zero attached hydrogens (tertiary/aromatic N) is 1. The number of rotatable bonds is 3.